The number of nitriles is 1. The molecule has 1 atom stereocenters. The summed E-state index contributed by atoms with van der Waals surface area (Å²) >= 11 is 0. The summed E-state index contributed by atoms with van der Waals surface area (Å²) in [6.07, 6.45) is 0.945. The average molecular weight is 450 g/mol. The Morgan fingerprint density at radius 1 is 0.727 bits per heavy atom. The summed E-state index contributed by atoms with van der Waals surface area (Å²) in [7, 11) is 0.141. The van der Waals surface area contributed by atoms with E-state index in [1.807, 2.05) is 6.92 Å². The zero-order chi connectivity index (χ0) is 23.1. The van der Waals surface area contributed by atoms with Crippen LogP contribution in [0.25, 0.3) is 0 Å². The number of nitrogens with zero attached hydrogens (tertiary/aromatic N) is 2. The van der Waals surface area contributed by atoms with Crippen LogP contribution in [0.1, 0.15) is 12.5 Å². The fraction of sp³-hybridized carbons (Fsp3) is 0.167. The first-order chi connectivity index (χ1) is 16.1. The molecule has 0 aliphatic heterocycles. The second kappa shape index (κ2) is 10.5. The highest BCUT2D eigenvalue weighted by molar-refractivity contribution is 7.95. The van der Waals surface area contributed by atoms with Crippen LogP contribution >= 0.6 is 7.26 Å². The first kappa shape index (κ1) is 22.8. The monoisotopic (exact) mass is 449 g/mol. The van der Waals surface area contributed by atoms with E-state index in [1.54, 1.807) is 0 Å². The Morgan fingerprint density at radius 3 is 1.67 bits per heavy atom. The molecule has 0 amide bonds. The van der Waals surface area contributed by atoms with Gasteiger partial charge >= 0.3 is 0 Å². The molecule has 0 bridgehead atoms. The van der Waals surface area contributed by atoms with Crippen molar-refractivity contribution in [1.82, 2.24) is 0 Å². The molecule has 0 aliphatic carbocycles. The second-order valence-corrected chi connectivity index (χ2v) is 12.0. The molecule has 33 heavy (non-hydrogen) atoms. The maximum absolute atomic E-state index is 9.24. The highest BCUT2D eigenvalue weighted by Gasteiger charge is 2.45. The van der Waals surface area contributed by atoms with E-state index < -0.39 is 7.26 Å². The molecule has 3 heteroatoms. The van der Waals surface area contributed by atoms with E-state index in [1.165, 1.54) is 21.5 Å². The summed E-state index contributed by atoms with van der Waals surface area (Å²) in [4.78, 5) is 2.19. The lowest BCUT2D eigenvalue weighted by atomic mass is 10.1. The largest absolute Gasteiger partial charge is 0.373 e. The number of anilines is 1. The molecular formula is C30H30N2P+. The number of rotatable bonds is 8. The molecule has 0 spiro atoms. The van der Waals surface area contributed by atoms with Crippen molar-refractivity contribution in [2.24, 2.45) is 5.92 Å². The molecule has 0 saturated heterocycles. The molecule has 0 radical (unpaired) electrons. The predicted octanol–water partition coefficient (Wildman–Crippen LogP) is 5.78. The van der Waals surface area contributed by atoms with Gasteiger partial charge in [0.1, 0.15) is 23.2 Å². The number of hydrogen-bond donors (Lipinski definition) is 0. The van der Waals surface area contributed by atoms with Crippen LogP contribution in [-0.4, -0.2) is 13.6 Å². The van der Waals surface area contributed by atoms with Crippen molar-refractivity contribution >= 4 is 28.9 Å². The Balaban J connectivity index is 1.85. The first-order valence-corrected chi connectivity index (χ1v) is 13.4. The van der Waals surface area contributed by atoms with Gasteiger partial charge in [0, 0.05) is 19.3 Å². The summed E-state index contributed by atoms with van der Waals surface area (Å²) in [6.45, 7) is 2.69. The Labute approximate surface area is 198 Å². The summed E-state index contributed by atoms with van der Waals surface area (Å²) in [5, 5.41) is 13.4. The SMILES string of the molecule is CC(C#N)CN(C)c1cccc(C[P+](c2ccccc2)(c2ccccc2)c2ccccc2)c1. The summed E-state index contributed by atoms with van der Waals surface area (Å²) in [5.74, 6) is -0.0109. The Hall–Kier alpha value is -3.40. The predicted molar refractivity (Wildman–Crippen MR) is 143 cm³/mol. The minimum absolute atomic E-state index is 0.0109. The van der Waals surface area contributed by atoms with E-state index in [9.17, 15) is 5.26 Å². The second-order valence-electron chi connectivity index (χ2n) is 8.56. The van der Waals surface area contributed by atoms with E-state index in [4.69, 9.17) is 0 Å². The molecule has 0 N–H and O–H groups in total. The van der Waals surface area contributed by atoms with Crippen LogP contribution in [0.4, 0.5) is 5.69 Å². The smallest absolute Gasteiger partial charge is 0.116 e. The van der Waals surface area contributed by atoms with Crippen molar-refractivity contribution in [3.8, 4) is 6.07 Å². The van der Waals surface area contributed by atoms with Gasteiger partial charge in [0.2, 0.25) is 0 Å². The number of hydrogen-bond acceptors (Lipinski definition) is 2. The number of benzene rings is 4. The zero-order valence-electron chi connectivity index (χ0n) is 19.3. The van der Waals surface area contributed by atoms with Gasteiger partial charge in [0.25, 0.3) is 0 Å². The summed E-state index contributed by atoms with van der Waals surface area (Å²) in [6, 6.07) is 44.1. The lowest BCUT2D eigenvalue weighted by Gasteiger charge is -2.28. The molecule has 4 aromatic rings. The molecule has 4 rings (SSSR count). The van der Waals surface area contributed by atoms with Crippen molar-refractivity contribution in [1.29, 1.82) is 5.26 Å². The molecule has 2 nitrogen and oxygen atoms in total. The van der Waals surface area contributed by atoms with Gasteiger partial charge in [0.05, 0.1) is 18.1 Å². The minimum atomic E-state index is -1.93. The van der Waals surface area contributed by atoms with E-state index >= 15 is 0 Å². The summed E-state index contributed by atoms with van der Waals surface area (Å²) < 4.78 is 0. The third-order valence-electron chi connectivity index (χ3n) is 6.13. The maximum atomic E-state index is 9.24. The molecule has 4 aromatic carbocycles. The Bertz CT molecular complexity index is 1100. The molecule has 0 aromatic heterocycles. The van der Waals surface area contributed by atoms with Gasteiger partial charge in [-0.3, -0.25) is 0 Å². The van der Waals surface area contributed by atoms with E-state index in [0.29, 0.717) is 0 Å². The topological polar surface area (TPSA) is 27.0 Å². The van der Waals surface area contributed by atoms with E-state index in [-0.39, 0.29) is 5.92 Å². The molecule has 0 heterocycles. The van der Waals surface area contributed by atoms with Gasteiger partial charge in [-0.25, -0.2) is 0 Å². The van der Waals surface area contributed by atoms with Gasteiger partial charge in [-0.2, -0.15) is 5.26 Å². The van der Waals surface area contributed by atoms with E-state index in [0.717, 1.165) is 18.4 Å². The lowest BCUT2D eigenvalue weighted by Crippen LogP contribution is -2.32. The van der Waals surface area contributed by atoms with Crippen molar-refractivity contribution in [2.45, 2.75) is 13.1 Å². The van der Waals surface area contributed by atoms with Crippen LogP contribution in [0.15, 0.2) is 115 Å². The van der Waals surface area contributed by atoms with Gasteiger partial charge in [-0.15, -0.1) is 0 Å². The van der Waals surface area contributed by atoms with Crippen LogP contribution < -0.4 is 20.8 Å². The van der Waals surface area contributed by atoms with Gasteiger partial charge in [-0.1, -0.05) is 66.7 Å². The highest BCUT2D eigenvalue weighted by Crippen LogP contribution is 2.58. The van der Waals surface area contributed by atoms with Crippen molar-refractivity contribution in [3.63, 3.8) is 0 Å². The van der Waals surface area contributed by atoms with Crippen molar-refractivity contribution in [2.75, 3.05) is 18.5 Å². The van der Waals surface area contributed by atoms with Crippen molar-refractivity contribution in [3.05, 3.63) is 121 Å². The fourth-order valence-corrected chi connectivity index (χ4v) is 8.72. The maximum Gasteiger partial charge on any atom is 0.116 e. The molecule has 0 saturated carbocycles. The fourth-order valence-electron chi connectivity index (χ4n) is 4.49. The Kier molecular flexibility index (Phi) is 7.23. The van der Waals surface area contributed by atoms with E-state index in [2.05, 4.69) is 133 Å². The summed E-state index contributed by atoms with van der Waals surface area (Å²) in [5.41, 5.74) is 2.47. The van der Waals surface area contributed by atoms with Crippen LogP contribution in [0.5, 0.6) is 0 Å². The molecule has 1 unspecified atom stereocenters. The Morgan fingerprint density at radius 2 is 1.21 bits per heavy atom. The molecule has 164 valence electrons. The standard InChI is InChI=1S/C30H30N2P/c1-25(22-31)23-32(2)27-14-12-13-26(21-27)24-33(28-15-6-3-7-16-28,29-17-8-4-9-18-29)30-19-10-5-11-20-30/h3-21,25H,23-24H2,1-2H3/q+1. The normalized spacial score (nSPS) is 12.0. The van der Waals surface area contributed by atoms with Gasteiger partial charge in [-0.05, 0) is 61.0 Å². The van der Waals surface area contributed by atoms with Crippen LogP contribution in [0.2, 0.25) is 0 Å². The third-order valence-corrected chi connectivity index (χ3v) is 10.5. The lowest BCUT2D eigenvalue weighted by molar-refractivity contribution is 0.716. The molecular weight excluding hydrogens is 419 g/mol. The average Bonchev–Trinajstić information content (AvgIpc) is 2.89. The zero-order valence-corrected chi connectivity index (χ0v) is 20.2. The first-order valence-electron chi connectivity index (χ1n) is 11.4. The van der Waals surface area contributed by atoms with Gasteiger partial charge in [0.15, 0.2) is 0 Å². The minimum Gasteiger partial charge on any atom is -0.373 e. The molecule has 0 aliphatic rings. The molecule has 0 fully saturated rings. The van der Waals surface area contributed by atoms with Crippen LogP contribution in [0.3, 0.4) is 0 Å². The van der Waals surface area contributed by atoms with Gasteiger partial charge < -0.3 is 4.90 Å². The van der Waals surface area contributed by atoms with Crippen molar-refractivity contribution < 1.29 is 0 Å². The quantitative estimate of drug-likeness (QED) is 0.319. The third kappa shape index (κ3) is 5.00. The highest BCUT2D eigenvalue weighted by atomic mass is 31.2. The van der Waals surface area contributed by atoms with Crippen LogP contribution in [-0.2, 0) is 6.16 Å². The van der Waals surface area contributed by atoms with Crippen LogP contribution in [0, 0.1) is 17.2 Å².